The zero-order chi connectivity index (χ0) is 21.3. The third-order valence-corrected chi connectivity index (χ3v) is 4.78. The molecule has 0 saturated heterocycles. The number of carbonyl (C=O) groups excluding carboxylic acids is 2. The van der Waals surface area contributed by atoms with Crippen LogP contribution in [0.15, 0.2) is 12.1 Å². The van der Waals surface area contributed by atoms with Gasteiger partial charge in [0.2, 0.25) is 0 Å². The number of benzene rings is 1. The summed E-state index contributed by atoms with van der Waals surface area (Å²) in [6.45, 7) is 3.88. The Morgan fingerprint density at radius 3 is 2.66 bits per heavy atom. The first kappa shape index (κ1) is 20.5. The molecule has 1 aromatic heterocycles. The van der Waals surface area contributed by atoms with Gasteiger partial charge in [-0.05, 0) is 37.1 Å². The van der Waals surface area contributed by atoms with E-state index in [1.165, 1.54) is 20.1 Å². The summed E-state index contributed by atoms with van der Waals surface area (Å²) in [5.74, 6) is -1.93. The summed E-state index contributed by atoms with van der Waals surface area (Å²) in [7, 11) is 2.33. The monoisotopic (exact) mass is 404 g/mol. The van der Waals surface area contributed by atoms with Crippen molar-refractivity contribution in [2.75, 3.05) is 32.7 Å². The van der Waals surface area contributed by atoms with Gasteiger partial charge in [-0.2, -0.15) is 0 Å². The van der Waals surface area contributed by atoms with Crippen LogP contribution in [0.2, 0.25) is 0 Å². The van der Waals surface area contributed by atoms with Gasteiger partial charge in [0, 0.05) is 23.4 Å². The van der Waals surface area contributed by atoms with E-state index in [9.17, 15) is 14.7 Å². The standard InChI is InChI=1S/C20H21FN2O6/c1-9-13(11-5-6-12-17(15(11)21)22-7-8-29-12)14(18(24)20(26)28-4)10(2)23-16(9)19(25)27-3/h5-6,18,22,24H,7-8H2,1-4H3/t18-/m0/s1. The number of hydrogen-bond acceptors (Lipinski definition) is 8. The molecule has 0 aliphatic carbocycles. The fourth-order valence-electron chi connectivity index (χ4n) is 3.39. The van der Waals surface area contributed by atoms with Crippen molar-refractivity contribution in [1.82, 2.24) is 4.98 Å². The Balaban J connectivity index is 2.35. The molecule has 0 amide bonds. The second-order valence-corrected chi connectivity index (χ2v) is 6.45. The number of anilines is 1. The molecule has 9 heteroatoms. The number of esters is 2. The highest BCUT2D eigenvalue weighted by Crippen LogP contribution is 2.41. The molecular formula is C20H21FN2O6. The van der Waals surface area contributed by atoms with Crippen LogP contribution in [0.4, 0.5) is 10.1 Å². The van der Waals surface area contributed by atoms with Gasteiger partial charge in [-0.15, -0.1) is 0 Å². The number of ether oxygens (including phenoxy) is 3. The zero-order valence-corrected chi connectivity index (χ0v) is 16.5. The molecule has 0 saturated carbocycles. The second-order valence-electron chi connectivity index (χ2n) is 6.45. The third kappa shape index (κ3) is 3.49. The van der Waals surface area contributed by atoms with Crippen molar-refractivity contribution in [2.45, 2.75) is 20.0 Å². The Bertz CT molecular complexity index is 992. The summed E-state index contributed by atoms with van der Waals surface area (Å²) in [5, 5.41) is 13.5. The molecule has 2 aromatic rings. The average Bonchev–Trinajstić information content (AvgIpc) is 2.74. The van der Waals surface area contributed by atoms with Crippen LogP contribution < -0.4 is 10.1 Å². The molecule has 1 aliphatic heterocycles. The number of aromatic nitrogens is 1. The summed E-state index contributed by atoms with van der Waals surface area (Å²) < 4.78 is 30.3. The molecule has 154 valence electrons. The number of nitrogens with zero attached hydrogens (tertiary/aromatic N) is 1. The van der Waals surface area contributed by atoms with Gasteiger partial charge in [-0.1, -0.05) is 0 Å². The Hall–Kier alpha value is -3.20. The lowest BCUT2D eigenvalue weighted by molar-refractivity contribution is -0.150. The lowest BCUT2D eigenvalue weighted by Gasteiger charge is -2.24. The number of aliphatic hydroxyl groups is 1. The minimum Gasteiger partial charge on any atom is -0.489 e. The van der Waals surface area contributed by atoms with Crippen molar-refractivity contribution < 1.29 is 33.3 Å². The topological polar surface area (TPSA) is 107 Å². The van der Waals surface area contributed by atoms with Crippen molar-refractivity contribution in [3.05, 3.63) is 40.5 Å². The molecule has 1 aromatic carbocycles. The van der Waals surface area contributed by atoms with Gasteiger partial charge < -0.3 is 24.6 Å². The number of aliphatic hydroxyl groups excluding tert-OH is 1. The van der Waals surface area contributed by atoms with E-state index >= 15 is 4.39 Å². The van der Waals surface area contributed by atoms with Gasteiger partial charge >= 0.3 is 11.9 Å². The molecule has 2 heterocycles. The molecule has 29 heavy (non-hydrogen) atoms. The van der Waals surface area contributed by atoms with Crippen LogP contribution >= 0.6 is 0 Å². The van der Waals surface area contributed by atoms with Crippen molar-refractivity contribution in [3.8, 4) is 16.9 Å². The largest absolute Gasteiger partial charge is 0.489 e. The lowest BCUT2D eigenvalue weighted by atomic mass is 9.89. The molecule has 0 bridgehead atoms. The van der Waals surface area contributed by atoms with Gasteiger partial charge in [-0.3, -0.25) is 0 Å². The van der Waals surface area contributed by atoms with Crippen molar-refractivity contribution >= 4 is 17.6 Å². The van der Waals surface area contributed by atoms with Crippen LogP contribution in [0.3, 0.4) is 0 Å². The fraction of sp³-hybridized carbons (Fsp3) is 0.350. The van der Waals surface area contributed by atoms with Gasteiger partial charge in [0.1, 0.15) is 18.0 Å². The number of aryl methyl sites for hydroxylation is 1. The van der Waals surface area contributed by atoms with E-state index in [2.05, 4.69) is 15.0 Å². The average molecular weight is 404 g/mol. The van der Waals surface area contributed by atoms with Crippen LogP contribution in [0.1, 0.15) is 33.4 Å². The zero-order valence-electron chi connectivity index (χ0n) is 16.5. The molecule has 0 fully saturated rings. The van der Waals surface area contributed by atoms with E-state index in [1.807, 2.05) is 0 Å². The van der Waals surface area contributed by atoms with Crippen LogP contribution in [-0.4, -0.2) is 49.4 Å². The van der Waals surface area contributed by atoms with Gasteiger partial charge in [0.05, 0.1) is 14.2 Å². The first-order valence-electron chi connectivity index (χ1n) is 8.86. The second kappa shape index (κ2) is 8.04. The van der Waals surface area contributed by atoms with Gasteiger partial charge in [0.15, 0.2) is 17.6 Å². The summed E-state index contributed by atoms with van der Waals surface area (Å²) in [6, 6.07) is 3.05. The normalized spacial score (nSPS) is 13.6. The number of rotatable bonds is 4. The smallest absolute Gasteiger partial charge is 0.356 e. The van der Waals surface area contributed by atoms with Crippen LogP contribution in [0, 0.1) is 19.7 Å². The minimum absolute atomic E-state index is 0.0397. The quantitative estimate of drug-likeness (QED) is 0.748. The lowest BCUT2D eigenvalue weighted by Crippen LogP contribution is -2.21. The predicted octanol–water partition coefficient (Wildman–Crippen LogP) is 2.30. The fourth-order valence-corrected chi connectivity index (χ4v) is 3.39. The number of carbonyl (C=O) groups is 2. The van der Waals surface area contributed by atoms with Gasteiger partial charge in [-0.25, -0.2) is 19.0 Å². The predicted molar refractivity (Wildman–Crippen MR) is 101 cm³/mol. The van der Waals surface area contributed by atoms with Crippen LogP contribution in [-0.2, 0) is 14.3 Å². The van der Waals surface area contributed by atoms with E-state index in [0.29, 0.717) is 18.9 Å². The Morgan fingerprint density at radius 1 is 1.28 bits per heavy atom. The van der Waals surface area contributed by atoms with E-state index in [1.54, 1.807) is 13.0 Å². The maximum Gasteiger partial charge on any atom is 0.356 e. The minimum atomic E-state index is -1.72. The highest BCUT2D eigenvalue weighted by atomic mass is 19.1. The first-order valence-corrected chi connectivity index (χ1v) is 8.86. The van der Waals surface area contributed by atoms with E-state index in [-0.39, 0.29) is 39.3 Å². The maximum atomic E-state index is 15.4. The first-order chi connectivity index (χ1) is 13.8. The molecule has 0 radical (unpaired) electrons. The molecule has 2 N–H and O–H groups in total. The number of nitrogens with one attached hydrogen (secondary N) is 1. The number of methoxy groups -OCH3 is 2. The highest BCUT2D eigenvalue weighted by Gasteiger charge is 2.31. The summed E-state index contributed by atoms with van der Waals surface area (Å²) in [4.78, 5) is 28.4. The van der Waals surface area contributed by atoms with Crippen molar-refractivity contribution in [2.24, 2.45) is 0 Å². The number of hydrogen-bond donors (Lipinski definition) is 2. The summed E-state index contributed by atoms with van der Waals surface area (Å²) in [5.41, 5.74) is 0.859. The summed E-state index contributed by atoms with van der Waals surface area (Å²) >= 11 is 0. The number of pyridine rings is 1. The summed E-state index contributed by atoms with van der Waals surface area (Å²) in [6.07, 6.45) is -1.72. The maximum absolute atomic E-state index is 15.4. The SMILES string of the molecule is COC(=O)c1nc(C)c([C@H](O)C(=O)OC)c(-c2ccc3c(c2F)NCCO3)c1C. The van der Waals surface area contributed by atoms with Crippen LogP contribution in [0.25, 0.3) is 11.1 Å². The Labute approximate surface area is 166 Å². The molecule has 3 rings (SSSR count). The number of fused-ring (bicyclic) bond motifs is 1. The third-order valence-electron chi connectivity index (χ3n) is 4.78. The molecule has 0 spiro atoms. The Morgan fingerprint density at radius 2 is 2.00 bits per heavy atom. The van der Waals surface area contributed by atoms with Crippen molar-refractivity contribution in [3.63, 3.8) is 0 Å². The van der Waals surface area contributed by atoms with E-state index in [4.69, 9.17) is 9.47 Å². The molecule has 8 nitrogen and oxygen atoms in total. The molecule has 1 atom stereocenters. The Kier molecular flexibility index (Phi) is 5.69. The molecule has 1 aliphatic rings. The molecular weight excluding hydrogens is 383 g/mol. The van der Waals surface area contributed by atoms with Crippen molar-refractivity contribution in [1.29, 1.82) is 0 Å². The van der Waals surface area contributed by atoms with Crippen LogP contribution in [0.5, 0.6) is 5.75 Å². The van der Waals surface area contributed by atoms with E-state index in [0.717, 1.165) is 7.11 Å². The van der Waals surface area contributed by atoms with E-state index < -0.39 is 23.9 Å². The highest BCUT2D eigenvalue weighted by molar-refractivity contribution is 5.94. The number of halogens is 1. The van der Waals surface area contributed by atoms with Gasteiger partial charge in [0.25, 0.3) is 0 Å². The molecule has 0 unspecified atom stereocenters.